The van der Waals surface area contributed by atoms with E-state index in [9.17, 15) is 0 Å². The minimum atomic E-state index is 0.216. The van der Waals surface area contributed by atoms with E-state index < -0.39 is 0 Å². The summed E-state index contributed by atoms with van der Waals surface area (Å²) in [6.07, 6.45) is 0. The fraction of sp³-hybridized carbons (Fsp3) is 0.308. The van der Waals surface area contributed by atoms with Gasteiger partial charge in [0.1, 0.15) is 11.5 Å². The van der Waals surface area contributed by atoms with E-state index in [-0.39, 0.29) is 11.5 Å². The number of aromatic nitrogens is 4. The number of rotatable bonds is 0. The van der Waals surface area contributed by atoms with Crippen LogP contribution in [0.15, 0.2) is 36.4 Å². The van der Waals surface area contributed by atoms with Crippen molar-refractivity contribution >= 4 is 10.8 Å². The third-order valence-corrected chi connectivity index (χ3v) is 5.24. The molecule has 0 spiro atoms. The molecule has 0 radical (unpaired) electrons. The molecule has 0 saturated heterocycles. The van der Waals surface area contributed by atoms with Crippen LogP contribution in [-0.2, 0) is 0 Å². The van der Waals surface area contributed by atoms with Crippen LogP contribution in [0, 0.1) is 55.4 Å². The second kappa shape index (κ2) is 10.7. The maximum absolute atomic E-state index is 9.14. The number of nitrogens with zero attached hydrogens (tertiary/aromatic N) is 4. The van der Waals surface area contributed by atoms with Crippen LogP contribution in [0.2, 0.25) is 0 Å². The van der Waals surface area contributed by atoms with Crippen LogP contribution in [0.3, 0.4) is 0 Å². The van der Waals surface area contributed by atoms with E-state index >= 15 is 0 Å². The zero-order valence-corrected chi connectivity index (χ0v) is 20.1. The molecular formula is C26H32N4O2. The number of benzene rings is 2. The minimum Gasteiger partial charge on any atom is -0.508 e. The van der Waals surface area contributed by atoms with E-state index in [1.807, 2.05) is 67.5 Å². The fourth-order valence-electron chi connectivity index (χ4n) is 2.87. The number of phenolic OH excluding ortho intramolecular Hbond substituents is 2. The first-order valence-electron chi connectivity index (χ1n) is 10.5. The smallest absolute Gasteiger partial charge is 0.116 e. The Bertz CT molecular complexity index is 1040. The van der Waals surface area contributed by atoms with Gasteiger partial charge in [-0.3, -0.25) is 19.9 Å². The highest BCUT2D eigenvalue weighted by Crippen LogP contribution is 2.23. The molecule has 0 aliphatic carbocycles. The molecule has 0 saturated carbocycles. The Labute approximate surface area is 190 Å². The summed E-state index contributed by atoms with van der Waals surface area (Å²) in [5, 5.41) is 20.1. The monoisotopic (exact) mass is 432 g/mol. The molecule has 0 unspecified atom stereocenters. The highest BCUT2D eigenvalue weighted by atomic mass is 16.3. The summed E-state index contributed by atoms with van der Waals surface area (Å²) < 4.78 is 0. The second-order valence-corrected chi connectivity index (χ2v) is 7.85. The van der Waals surface area contributed by atoms with Crippen molar-refractivity contribution in [2.45, 2.75) is 55.4 Å². The van der Waals surface area contributed by atoms with E-state index in [1.165, 1.54) is 0 Å². The van der Waals surface area contributed by atoms with Crippen LogP contribution in [-0.4, -0.2) is 30.1 Å². The minimum absolute atomic E-state index is 0.216. The lowest BCUT2D eigenvalue weighted by Gasteiger charge is -2.01. The molecule has 2 aromatic heterocycles. The van der Waals surface area contributed by atoms with Gasteiger partial charge in [-0.2, -0.15) is 0 Å². The average molecular weight is 433 g/mol. The third-order valence-electron chi connectivity index (χ3n) is 5.24. The van der Waals surface area contributed by atoms with Crippen molar-refractivity contribution in [2.24, 2.45) is 0 Å². The Morgan fingerprint density at radius 3 is 0.906 bits per heavy atom. The molecule has 4 rings (SSSR count). The normalized spacial score (nSPS) is 10.1. The van der Waals surface area contributed by atoms with Crippen molar-refractivity contribution in [3.8, 4) is 11.5 Å². The summed E-state index contributed by atoms with van der Waals surface area (Å²) in [6.45, 7) is 15.8. The predicted octanol–water partition coefficient (Wildman–Crippen LogP) is 5.67. The van der Waals surface area contributed by atoms with Crippen molar-refractivity contribution in [3.05, 3.63) is 81.9 Å². The standard InChI is InChI=1S/C10H8O2.2C8H12N2/c11-9-3-1-7-2-4-10(12)6-8(7)5-9;2*1-5-6(2)10-8(4)7(3)9-5/h1-6,11-12H;2*1-4H3. The first kappa shape index (κ1) is 24.7. The van der Waals surface area contributed by atoms with Gasteiger partial charge in [-0.1, -0.05) is 12.1 Å². The topological polar surface area (TPSA) is 92.0 Å². The van der Waals surface area contributed by atoms with Crippen LogP contribution in [0.1, 0.15) is 45.6 Å². The summed E-state index contributed by atoms with van der Waals surface area (Å²) in [7, 11) is 0. The quantitative estimate of drug-likeness (QED) is 0.372. The second-order valence-electron chi connectivity index (χ2n) is 7.85. The summed E-state index contributed by atoms with van der Waals surface area (Å²) in [4.78, 5) is 17.2. The highest BCUT2D eigenvalue weighted by Gasteiger charge is 1.99. The highest BCUT2D eigenvalue weighted by molar-refractivity contribution is 5.85. The zero-order chi connectivity index (χ0) is 24.0. The number of hydrogen-bond acceptors (Lipinski definition) is 6. The number of fused-ring (bicyclic) bond motifs is 1. The predicted molar refractivity (Wildman–Crippen MR) is 129 cm³/mol. The summed E-state index contributed by atoms with van der Waals surface area (Å²) >= 11 is 0. The van der Waals surface area contributed by atoms with Gasteiger partial charge in [0.2, 0.25) is 0 Å². The van der Waals surface area contributed by atoms with Gasteiger partial charge in [-0.25, -0.2) is 0 Å². The first-order valence-corrected chi connectivity index (χ1v) is 10.5. The maximum Gasteiger partial charge on any atom is 0.116 e. The van der Waals surface area contributed by atoms with Crippen molar-refractivity contribution in [2.75, 3.05) is 0 Å². The summed E-state index contributed by atoms with van der Waals surface area (Å²) in [5.74, 6) is 0.432. The van der Waals surface area contributed by atoms with E-state index in [2.05, 4.69) is 19.9 Å². The molecule has 168 valence electrons. The first-order chi connectivity index (χ1) is 15.0. The molecule has 6 nitrogen and oxygen atoms in total. The lowest BCUT2D eigenvalue weighted by Crippen LogP contribution is -1.97. The van der Waals surface area contributed by atoms with Gasteiger partial charge in [-0.05, 0) is 90.4 Å². The Hall–Kier alpha value is -3.54. The van der Waals surface area contributed by atoms with Crippen LogP contribution >= 0.6 is 0 Å². The van der Waals surface area contributed by atoms with Crippen molar-refractivity contribution in [1.29, 1.82) is 0 Å². The van der Waals surface area contributed by atoms with E-state index in [1.54, 1.807) is 24.3 Å². The van der Waals surface area contributed by atoms with Crippen LogP contribution in [0.25, 0.3) is 10.8 Å². The molecule has 0 bridgehead atoms. The van der Waals surface area contributed by atoms with Crippen molar-refractivity contribution < 1.29 is 10.2 Å². The molecule has 2 N–H and O–H groups in total. The van der Waals surface area contributed by atoms with Crippen LogP contribution < -0.4 is 0 Å². The van der Waals surface area contributed by atoms with Gasteiger partial charge in [0.05, 0.1) is 45.6 Å². The Kier molecular flexibility index (Phi) is 8.24. The molecule has 0 aliphatic rings. The molecule has 0 atom stereocenters. The lowest BCUT2D eigenvalue weighted by atomic mass is 10.1. The maximum atomic E-state index is 9.14. The molecule has 2 aromatic carbocycles. The molecule has 32 heavy (non-hydrogen) atoms. The Balaban J connectivity index is 0.000000171. The third kappa shape index (κ3) is 6.74. The number of phenols is 2. The van der Waals surface area contributed by atoms with Gasteiger partial charge in [0, 0.05) is 0 Å². The van der Waals surface area contributed by atoms with E-state index in [0.29, 0.717) is 0 Å². The molecule has 0 fully saturated rings. The van der Waals surface area contributed by atoms with E-state index in [0.717, 1.165) is 56.3 Å². The van der Waals surface area contributed by atoms with E-state index in [4.69, 9.17) is 10.2 Å². The summed E-state index contributed by atoms with van der Waals surface area (Å²) in [6, 6.07) is 10.1. The van der Waals surface area contributed by atoms with Gasteiger partial charge < -0.3 is 10.2 Å². The Morgan fingerprint density at radius 1 is 0.406 bits per heavy atom. The van der Waals surface area contributed by atoms with Gasteiger partial charge in [0.25, 0.3) is 0 Å². The Morgan fingerprint density at radius 2 is 0.656 bits per heavy atom. The van der Waals surface area contributed by atoms with Crippen LogP contribution in [0.5, 0.6) is 11.5 Å². The number of aryl methyl sites for hydroxylation is 8. The van der Waals surface area contributed by atoms with Gasteiger partial charge in [0.15, 0.2) is 0 Å². The van der Waals surface area contributed by atoms with Gasteiger partial charge in [-0.15, -0.1) is 0 Å². The van der Waals surface area contributed by atoms with Crippen LogP contribution in [0.4, 0.5) is 0 Å². The van der Waals surface area contributed by atoms with Crippen molar-refractivity contribution in [3.63, 3.8) is 0 Å². The molecule has 0 amide bonds. The summed E-state index contributed by atoms with van der Waals surface area (Å²) in [5.41, 5.74) is 8.25. The largest absolute Gasteiger partial charge is 0.508 e. The molecule has 6 heteroatoms. The average Bonchev–Trinajstić information content (AvgIpc) is 2.72. The van der Waals surface area contributed by atoms with Gasteiger partial charge >= 0.3 is 0 Å². The molecule has 0 aliphatic heterocycles. The molecule has 2 heterocycles. The number of hydrogen-bond donors (Lipinski definition) is 2. The molecular weight excluding hydrogens is 400 g/mol. The lowest BCUT2D eigenvalue weighted by molar-refractivity contribution is 0.474. The fourth-order valence-corrected chi connectivity index (χ4v) is 2.87. The molecule has 4 aromatic rings. The number of aromatic hydroxyl groups is 2. The zero-order valence-electron chi connectivity index (χ0n) is 20.1. The van der Waals surface area contributed by atoms with Crippen molar-refractivity contribution in [1.82, 2.24) is 19.9 Å². The SMILES string of the molecule is Cc1nc(C)c(C)nc1C.Cc1nc(C)c(C)nc1C.Oc1ccc2ccc(O)cc2c1.